The number of benzene rings is 2. The quantitative estimate of drug-likeness (QED) is 0.0908. The number of anilines is 6. The van der Waals surface area contributed by atoms with Gasteiger partial charge in [-0.25, -0.2) is 4.98 Å². The van der Waals surface area contributed by atoms with Gasteiger partial charge in [0.25, 0.3) is 17.8 Å². The molecule has 1 saturated heterocycles. The SMILES string of the molecule is CCC1C(=O)N(C)c2cnc(Nc3ccc(C(=O)N4CCN(CCNc5nc(OC)c(NC(=O)c6ccc(Oc7cc8c(cc7C)CCC8(C)C)o6)c(OC)n5)CC4)cc3OC)nc2N1C(C)C. The molecule has 5 aromatic rings. The van der Waals surface area contributed by atoms with Crippen LogP contribution in [0.15, 0.2) is 53.1 Å². The lowest BCUT2D eigenvalue weighted by atomic mass is 9.86. The normalized spacial score (nSPS) is 16.6. The Kier molecular flexibility index (Phi) is 13.6. The van der Waals surface area contributed by atoms with Crippen LogP contribution in [0.5, 0.6) is 29.2 Å². The Bertz CT molecular complexity index is 2670. The van der Waals surface area contributed by atoms with Crippen molar-refractivity contribution in [3.05, 3.63) is 76.7 Å². The number of methoxy groups -OCH3 is 3. The monoisotopic (exact) mass is 931 g/mol. The van der Waals surface area contributed by atoms with Gasteiger partial charge in [0.1, 0.15) is 23.2 Å². The van der Waals surface area contributed by atoms with Gasteiger partial charge in [-0.3, -0.25) is 19.3 Å². The number of nitrogens with one attached hydrogen (secondary N) is 3. The molecule has 19 nitrogen and oxygen atoms in total. The molecule has 3 amide bonds. The lowest BCUT2D eigenvalue weighted by Crippen LogP contribution is -2.54. The summed E-state index contributed by atoms with van der Waals surface area (Å²) in [5, 5.41) is 9.26. The molecule has 2 aromatic carbocycles. The molecule has 2 aliphatic heterocycles. The molecule has 0 spiro atoms. The van der Waals surface area contributed by atoms with Gasteiger partial charge in [0.15, 0.2) is 17.3 Å². The Balaban J connectivity index is 0.835. The molecular weight excluding hydrogens is 871 g/mol. The van der Waals surface area contributed by atoms with Crippen LogP contribution >= 0.6 is 0 Å². The summed E-state index contributed by atoms with van der Waals surface area (Å²) in [4.78, 5) is 66.3. The number of carbonyl (C=O) groups is 3. The van der Waals surface area contributed by atoms with Crippen molar-refractivity contribution < 1.29 is 37.7 Å². The second kappa shape index (κ2) is 19.6. The highest BCUT2D eigenvalue weighted by Gasteiger charge is 2.38. The fourth-order valence-corrected chi connectivity index (χ4v) is 9.13. The minimum absolute atomic E-state index is 0.0119. The van der Waals surface area contributed by atoms with Gasteiger partial charge < -0.3 is 54.0 Å². The first kappa shape index (κ1) is 47.3. The van der Waals surface area contributed by atoms with Crippen molar-refractivity contribution in [2.45, 2.75) is 78.3 Å². The van der Waals surface area contributed by atoms with E-state index < -0.39 is 5.91 Å². The van der Waals surface area contributed by atoms with Gasteiger partial charge >= 0.3 is 0 Å². The molecular formula is C49H61N11O8. The molecule has 1 unspecified atom stereocenters. The van der Waals surface area contributed by atoms with Crippen molar-refractivity contribution in [1.82, 2.24) is 29.7 Å². The molecule has 0 radical (unpaired) electrons. The first-order chi connectivity index (χ1) is 32.6. The number of piperazine rings is 1. The molecule has 5 heterocycles. The van der Waals surface area contributed by atoms with Crippen LogP contribution in [-0.2, 0) is 16.6 Å². The maximum Gasteiger partial charge on any atom is 0.291 e. The number of rotatable bonds is 16. The third-order valence-corrected chi connectivity index (χ3v) is 12.9. The summed E-state index contributed by atoms with van der Waals surface area (Å²) >= 11 is 0. The smallest absolute Gasteiger partial charge is 0.291 e. The van der Waals surface area contributed by atoms with E-state index in [4.69, 9.17) is 28.3 Å². The van der Waals surface area contributed by atoms with E-state index in [1.807, 2.05) is 37.5 Å². The highest BCUT2D eigenvalue weighted by atomic mass is 16.6. The zero-order chi connectivity index (χ0) is 48.4. The fraction of sp³-hybridized carbons (Fsp3) is 0.449. The lowest BCUT2D eigenvalue weighted by molar-refractivity contribution is -0.120. The van der Waals surface area contributed by atoms with Crippen LogP contribution in [-0.4, -0.2) is 127 Å². The van der Waals surface area contributed by atoms with E-state index in [1.165, 1.54) is 31.4 Å². The Morgan fingerprint density at radius 3 is 2.34 bits per heavy atom. The summed E-state index contributed by atoms with van der Waals surface area (Å²) < 4.78 is 28.8. The maximum atomic E-state index is 13.7. The van der Waals surface area contributed by atoms with E-state index in [2.05, 4.69) is 61.8 Å². The standard InChI is InChI=1S/C49H61N11O8/c1-11-34-46(63)57(7)35-27-51-48(54-41(35)60(34)28(2)3)52-33-13-12-31(25-38(33)64-8)45(62)59-22-20-58(21-23-59)19-18-50-47-55-43(65-9)40(44(56-47)66-10)53-42(61)36-14-15-39(67-36)68-37-26-32-30(24-29(37)4)16-17-49(32,5)6/h12-15,24-28,34H,11,16-23H2,1-10H3,(H,53,61)(H,50,55,56)(H,51,52,54). The minimum Gasteiger partial charge on any atom is -0.495 e. The van der Waals surface area contributed by atoms with Crippen molar-refractivity contribution in [3.63, 3.8) is 0 Å². The van der Waals surface area contributed by atoms with Crippen molar-refractivity contribution in [2.24, 2.45) is 0 Å². The summed E-state index contributed by atoms with van der Waals surface area (Å²) in [5.74, 6) is 2.18. The maximum absolute atomic E-state index is 13.7. The number of carbonyl (C=O) groups excluding carboxylic acids is 3. The van der Waals surface area contributed by atoms with Crippen LogP contribution < -0.4 is 44.7 Å². The molecule has 3 N–H and O–H groups in total. The second-order valence-corrected chi connectivity index (χ2v) is 18.1. The number of aryl methyl sites for hydroxylation is 2. The average Bonchev–Trinajstić information content (AvgIpc) is 3.93. The number of likely N-dealkylation sites (N-methyl/N-ethyl adjacent to an activating group) is 1. The minimum atomic E-state index is -0.563. The van der Waals surface area contributed by atoms with E-state index >= 15 is 0 Å². The molecule has 1 atom stereocenters. The van der Waals surface area contributed by atoms with Gasteiger partial charge in [-0.05, 0) is 92.5 Å². The van der Waals surface area contributed by atoms with Crippen molar-refractivity contribution in [3.8, 4) is 29.2 Å². The number of fused-ring (bicyclic) bond motifs is 2. The Morgan fingerprint density at radius 2 is 1.66 bits per heavy atom. The molecule has 68 heavy (non-hydrogen) atoms. The topological polar surface area (TPSA) is 202 Å². The first-order valence-electron chi connectivity index (χ1n) is 23.0. The largest absolute Gasteiger partial charge is 0.495 e. The van der Waals surface area contributed by atoms with Crippen LogP contribution in [0.2, 0.25) is 0 Å². The van der Waals surface area contributed by atoms with Gasteiger partial charge in [0.05, 0.1) is 33.2 Å². The molecule has 3 aliphatic rings. The third kappa shape index (κ3) is 9.52. The van der Waals surface area contributed by atoms with Gasteiger partial charge in [-0.1, -0.05) is 26.8 Å². The van der Waals surface area contributed by atoms with E-state index in [0.717, 1.165) is 18.4 Å². The van der Waals surface area contributed by atoms with Crippen LogP contribution in [0, 0.1) is 6.92 Å². The average molecular weight is 932 g/mol. The molecule has 1 fully saturated rings. The molecule has 1 aliphatic carbocycles. The third-order valence-electron chi connectivity index (χ3n) is 12.9. The highest BCUT2D eigenvalue weighted by molar-refractivity contribution is 6.05. The van der Waals surface area contributed by atoms with E-state index in [1.54, 1.807) is 49.5 Å². The Labute approximate surface area is 396 Å². The van der Waals surface area contributed by atoms with Gasteiger partial charge in [-0.2, -0.15) is 15.0 Å². The van der Waals surface area contributed by atoms with Gasteiger partial charge in [0, 0.05) is 64.0 Å². The molecule has 19 heteroatoms. The highest BCUT2D eigenvalue weighted by Crippen LogP contribution is 2.43. The fourth-order valence-electron chi connectivity index (χ4n) is 9.13. The number of hydrogen-bond acceptors (Lipinski definition) is 16. The van der Waals surface area contributed by atoms with Crippen LogP contribution in [0.4, 0.5) is 34.8 Å². The number of furan rings is 1. The molecule has 0 bridgehead atoms. The number of ether oxygens (including phenoxy) is 4. The molecule has 8 rings (SSSR count). The number of hydrogen-bond donors (Lipinski definition) is 3. The number of amides is 3. The van der Waals surface area contributed by atoms with Crippen molar-refractivity contribution in [1.29, 1.82) is 0 Å². The van der Waals surface area contributed by atoms with Gasteiger partial charge in [0.2, 0.25) is 29.6 Å². The molecule has 0 saturated carbocycles. The zero-order valence-electron chi connectivity index (χ0n) is 40.5. The first-order valence-corrected chi connectivity index (χ1v) is 23.0. The van der Waals surface area contributed by atoms with Crippen LogP contribution in [0.1, 0.15) is 85.1 Å². The number of nitrogens with zero attached hydrogens (tertiary/aromatic N) is 8. The summed E-state index contributed by atoms with van der Waals surface area (Å²) in [6, 6.07) is 12.4. The predicted molar refractivity (Wildman–Crippen MR) is 259 cm³/mol. The summed E-state index contributed by atoms with van der Waals surface area (Å²) in [6.07, 6.45) is 4.42. The van der Waals surface area contributed by atoms with Crippen LogP contribution in [0.3, 0.4) is 0 Å². The summed E-state index contributed by atoms with van der Waals surface area (Å²) in [6.45, 7) is 16.1. The number of aromatic nitrogens is 4. The molecule has 3 aromatic heterocycles. The van der Waals surface area contributed by atoms with Crippen molar-refractivity contribution in [2.75, 3.05) is 93.4 Å². The molecule has 360 valence electrons. The van der Waals surface area contributed by atoms with Crippen molar-refractivity contribution >= 4 is 52.5 Å². The predicted octanol–water partition coefficient (Wildman–Crippen LogP) is 7.05. The van der Waals surface area contributed by atoms with E-state index in [-0.39, 0.29) is 64.4 Å². The van der Waals surface area contributed by atoms with Gasteiger partial charge in [-0.15, -0.1) is 0 Å². The van der Waals surface area contributed by atoms with Crippen LogP contribution in [0.25, 0.3) is 0 Å². The second-order valence-electron chi connectivity index (χ2n) is 18.1. The summed E-state index contributed by atoms with van der Waals surface area (Å²) in [5.41, 5.74) is 5.54. The Hall–Kier alpha value is -7.15. The van der Waals surface area contributed by atoms with E-state index in [0.29, 0.717) is 85.9 Å². The zero-order valence-corrected chi connectivity index (χ0v) is 40.5. The lowest BCUT2D eigenvalue weighted by Gasteiger charge is -2.42. The Morgan fingerprint density at radius 1 is 0.926 bits per heavy atom. The summed E-state index contributed by atoms with van der Waals surface area (Å²) in [7, 11) is 6.19. The van der Waals surface area contributed by atoms with E-state index in [9.17, 15) is 14.4 Å².